The first-order chi connectivity index (χ1) is 11.0. The van der Waals surface area contributed by atoms with E-state index in [2.05, 4.69) is 36.3 Å². The first kappa shape index (κ1) is 14.4. The predicted molar refractivity (Wildman–Crippen MR) is 92.5 cm³/mol. The summed E-state index contributed by atoms with van der Waals surface area (Å²) in [5.41, 5.74) is 3.59. The molecule has 0 spiro atoms. The van der Waals surface area contributed by atoms with Crippen molar-refractivity contribution in [3.63, 3.8) is 0 Å². The Bertz CT molecular complexity index is 636. The number of hydrogen-bond acceptors (Lipinski definition) is 3. The number of rotatable bonds is 0. The summed E-state index contributed by atoms with van der Waals surface area (Å²) in [6.07, 6.45) is 12.7. The molecular formula is C20H28N2O. The van der Waals surface area contributed by atoms with Gasteiger partial charge in [-0.15, -0.1) is 0 Å². The smallest absolute Gasteiger partial charge is 0.0577 e. The third-order valence-electron chi connectivity index (χ3n) is 8.32. The van der Waals surface area contributed by atoms with Crippen LogP contribution in [0.25, 0.3) is 0 Å². The van der Waals surface area contributed by atoms with Gasteiger partial charge in [-0.25, -0.2) is 0 Å². The average Bonchev–Trinajstić information content (AvgIpc) is 3.09. The molecule has 0 bridgehead atoms. The molecule has 23 heavy (non-hydrogen) atoms. The summed E-state index contributed by atoms with van der Waals surface area (Å²) >= 11 is 0. The van der Waals surface area contributed by atoms with Gasteiger partial charge in [0.05, 0.1) is 11.8 Å². The van der Waals surface area contributed by atoms with Gasteiger partial charge in [0.15, 0.2) is 0 Å². The third kappa shape index (κ3) is 1.75. The van der Waals surface area contributed by atoms with Crippen LogP contribution in [0.1, 0.15) is 58.8 Å². The van der Waals surface area contributed by atoms with E-state index in [4.69, 9.17) is 0 Å². The summed E-state index contributed by atoms with van der Waals surface area (Å²) in [6, 6.07) is 0. The highest BCUT2D eigenvalue weighted by molar-refractivity contribution is 6.06. The highest BCUT2D eigenvalue weighted by atomic mass is 16.3. The Balaban J connectivity index is 1.52. The van der Waals surface area contributed by atoms with Crippen molar-refractivity contribution >= 4 is 11.9 Å². The van der Waals surface area contributed by atoms with Gasteiger partial charge in [-0.3, -0.25) is 0 Å². The van der Waals surface area contributed by atoms with Gasteiger partial charge < -0.3 is 5.11 Å². The van der Waals surface area contributed by atoms with Crippen molar-refractivity contribution in [2.75, 3.05) is 0 Å². The van der Waals surface area contributed by atoms with Crippen LogP contribution < -0.4 is 0 Å². The Kier molecular flexibility index (Phi) is 2.85. The van der Waals surface area contributed by atoms with Crippen molar-refractivity contribution in [3.8, 4) is 0 Å². The van der Waals surface area contributed by atoms with E-state index in [1.807, 2.05) is 0 Å². The standard InChI is InChI=1S/C20H28N2O/c1-19-7-5-14(23)10-13(19)3-4-15-16(19)6-8-20(2)17(15)9-12-11-21-22-18(12)20/h3,11-12,14-17,23H,4-10H2,1-2H3/t12-,14-,15+,16-,17-,19-,20-/m0/s1. The van der Waals surface area contributed by atoms with Crippen LogP contribution in [0, 0.1) is 34.5 Å². The average molecular weight is 312 g/mol. The molecule has 5 aliphatic rings. The van der Waals surface area contributed by atoms with Crippen LogP contribution in [0.3, 0.4) is 0 Å². The summed E-state index contributed by atoms with van der Waals surface area (Å²) in [4.78, 5) is 0. The van der Waals surface area contributed by atoms with Gasteiger partial charge in [-0.05, 0) is 68.1 Å². The predicted octanol–water partition coefficient (Wildman–Crippen LogP) is 3.98. The van der Waals surface area contributed by atoms with E-state index in [0.29, 0.717) is 11.3 Å². The maximum Gasteiger partial charge on any atom is 0.0577 e. The van der Waals surface area contributed by atoms with Crippen molar-refractivity contribution in [2.24, 2.45) is 44.7 Å². The summed E-state index contributed by atoms with van der Waals surface area (Å²) < 4.78 is 0. The molecule has 0 unspecified atom stereocenters. The van der Waals surface area contributed by atoms with Crippen LogP contribution in [-0.2, 0) is 0 Å². The second-order valence-electron chi connectivity index (χ2n) is 9.20. The number of aliphatic hydroxyl groups excluding tert-OH is 1. The molecule has 1 aliphatic heterocycles. The number of nitrogens with zero attached hydrogens (tertiary/aromatic N) is 2. The second-order valence-corrected chi connectivity index (χ2v) is 9.20. The minimum absolute atomic E-state index is 0.101. The zero-order valence-corrected chi connectivity index (χ0v) is 14.3. The fourth-order valence-corrected chi connectivity index (χ4v) is 7.02. The summed E-state index contributed by atoms with van der Waals surface area (Å²) in [5.74, 6) is 2.91. The molecule has 0 amide bonds. The van der Waals surface area contributed by atoms with Gasteiger partial charge in [0, 0.05) is 17.5 Å². The minimum Gasteiger partial charge on any atom is -0.393 e. The molecule has 0 aromatic rings. The maximum absolute atomic E-state index is 10.1. The van der Waals surface area contributed by atoms with Crippen LogP contribution >= 0.6 is 0 Å². The van der Waals surface area contributed by atoms with Gasteiger partial charge in [0.2, 0.25) is 0 Å². The van der Waals surface area contributed by atoms with E-state index in [-0.39, 0.29) is 11.5 Å². The van der Waals surface area contributed by atoms with Crippen molar-refractivity contribution < 1.29 is 5.11 Å². The van der Waals surface area contributed by atoms with Gasteiger partial charge in [0.25, 0.3) is 0 Å². The first-order valence-corrected chi connectivity index (χ1v) is 9.51. The van der Waals surface area contributed by atoms with Crippen LogP contribution in [0.4, 0.5) is 0 Å². The monoisotopic (exact) mass is 312 g/mol. The number of hydrogen-bond donors (Lipinski definition) is 1. The van der Waals surface area contributed by atoms with E-state index in [1.54, 1.807) is 5.57 Å². The number of aliphatic hydroxyl groups is 1. The minimum atomic E-state index is -0.101. The Labute approximate surface area is 139 Å². The fraction of sp³-hybridized carbons (Fsp3) is 0.800. The van der Waals surface area contributed by atoms with Gasteiger partial charge in [0.1, 0.15) is 0 Å². The zero-order valence-electron chi connectivity index (χ0n) is 14.3. The first-order valence-electron chi connectivity index (χ1n) is 9.51. The molecular weight excluding hydrogens is 284 g/mol. The van der Waals surface area contributed by atoms with Crippen molar-refractivity contribution in [1.29, 1.82) is 0 Å². The maximum atomic E-state index is 10.1. The molecule has 1 N–H and O–H groups in total. The lowest BCUT2D eigenvalue weighted by Gasteiger charge is -2.57. The molecule has 0 radical (unpaired) electrons. The Morgan fingerprint density at radius 2 is 1.96 bits per heavy atom. The SMILES string of the molecule is C[C@]12CC[C@H](O)CC1=CC[C@@H]1[C@@H]2CC[C@]2(C)C3=NN=C[C@@H]3C[C@@H]12. The van der Waals surface area contributed by atoms with Gasteiger partial charge in [-0.2, -0.15) is 10.2 Å². The Hall–Kier alpha value is -0.960. The highest BCUT2D eigenvalue weighted by Gasteiger charge is 2.60. The quantitative estimate of drug-likeness (QED) is 0.676. The van der Waals surface area contributed by atoms with Crippen molar-refractivity contribution in [3.05, 3.63) is 11.6 Å². The van der Waals surface area contributed by atoms with E-state index in [0.717, 1.165) is 30.6 Å². The van der Waals surface area contributed by atoms with Crippen molar-refractivity contribution in [1.82, 2.24) is 0 Å². The summed E-state index contributed by atoms with van der Waals surface area (Å²) in [5, 5.41) is 18.8. The number of allylic oxidation sites excluding steroid dienone is 1. The zero-order chi connectivity index (χ0) is 15.8. The lowest BCUT2D eigenvalue weighted by Crippen LogP contribution is -2.50. The Morgan fingerprint density at radius 1 is 1.13 bits per heavy atom. The van der Waals surface area contributed by atoms with E-state index >= 15 is 0 Å². The number of fused-ring (bicyclic) bond motifs is 7. The molecule has 3 saturated carbocycles. The molecule has 3 heteroatoms. The van der Waals surface area contributed by atoms with E-state index in [1.165, 1.54) is 37.8 Å². The molecule has 0 aromatic carbocycles. The summed E-state index contributed by atoms with van der Waals surface area (Å²) in [6.45, 7) is 4.96. The topological polar surface area (TPSA) is 45.0 Å². The molecule has 5 rings (SSSR count). The van der Waals surface area contributed by atoms with Gasteiger partial charge in [-0.1, -0.05) is 25.5 Å². The van der Waals surface area contributed by atoms with Crippen LogP contribution in [-0.4, -0.2) is 23.1 Å². The summed E-state index contributed by atoms with van der Waals surface area (Å²) in [7, 11) is 0. The molecule has 1 heterocycles. The normalized spacial score (nSPS) is 53.8. The molecule has 3 nitrogen and oxygen atoms in total. The molecule has 0 aromatic heterocycles. The highest BCUT2D eigenvalue weighted by Crippen LogP contribution is 2.65. The van der Waals surface area contributed by atoms with E-state index in [9.17, 15) is 5.11 Å². The molecule has 124 valence electrons. The largest absolute Gasteiger partial charge is 0.393 e. The van der Waals surface area contributed by atoms with Crippen molar-refractivity contribution in [2.45, 2.75) is 64.9 Å². The van der Waals surface area contributed by atoms with Crippen LogP contribution in [0.15, 0.2) is 21.9 Å². The molecule has 0 saturated heterocycles. The van der Waals surface area contributed by atoms with Crippen LogP contribution in [0.2, 0.25) is 0 Å². The third-order valence-corrected chi connectivity index (χ3v) is 8.32. The lowest BCUT2D eigenvalue weighted by molar-refractivity contribution is -0.0214. The van der Waals surface area contributed by atoms with Gasteiger partial charge >= 0.3 is 0 Å². The molecule has 3 fully saturated rings. The van der Waals surface area contributed by atoms with E-state index < -0.39 is 0 Å². The molecule has 4 aliphatic carbocycles. The molecule has 7 atom stereocenters. The second kappa shape index (κ2) is 4.56. The Morgan fingerprint density at radius 3 is 2.83 bits per heavy atom. The van der Waals surface area contributed by atoms with Crippen LogP contribution in [0.5, 0.6) is 0 Å². The lowest BCUT2D eigenvalue weighted by atomic mass is 9.48. The fourth-order valence-electron chi connectivity index (χ4n) is 7.02.